The molecule has 1 saturated heterocycles. The Hall–Kier alpha value is -2.69. The van der Waals surface area contributed by atoms with E-state index in [4.69, 9.17) is 10.00 Å². The molecular formula is C13H14N4O4. The molecule has 2 rings (SSSR count). The normalized spacial score (nSPS) is 17.9. The maximum absolute atomic E-state index is 11.8. The number of nitriles is 1. The average molecular weight is 290 g/mol. The predicted molar refractivity (Wildman–Crippen MR) is 72.6 cm³/mol. The average Bonchev–Trinajstić information content (AvgIpc) is 2.53. The number of methoxy groups -OCH3 is 1. The fourth-order valence-corrected chi connectivity index (χ4v) is 2.43. The summed E-state index contributed by atoms with van der Waals surface area (Å²) in [6, 6.07) is 2.41. The quantitative estimate of drug-likeness (QED) is 0.470. The molecule has 2 heterocycles. The smallest absolute Gasteiger partial charge is 0.328 e. The summed E-state index contributed by atoms with van der Waals surface area (Å²) in [7, 11) is 1.29. The molecule has 0 radical (unpaired) electrons. The van der Waals surface area contributed by atoms with E-state index in [0.29, 0.717) is 13.0 Å². The van der Waals surface area contributed by atoms with Gasteiger partial charge >= 0.3 is 11.7 Å². The minimum atomic E-state index is -0.591. The Morgan fingerprint density at radius 2 is 2.38 bits per heavy atom. The third-order valence-electron chi connectivity index (χ3n) is 3.42. The van der Waals surface area contributed by atoms with Crippen LogP contribution in [0.25, 0.3) is 0 Å². The number of anilines is 1. The molecule has 0 saturated carbocycles. The van der Waals surface area contributed by atoms with Gasteiger partial charge < -0.3 is 9.64 Å². The number of hydrogen-bond donors (Lipinski definition) is 0. The van der Waals surface area contributed by atoms with E-state index in [-0.39, 0.29) is 17.1 Å². The topological polar surface area (TPSA) is 109 Å². The molecule has 0 bridgehead atoms. The summed E-state index contributed by atoms with van der Waals surface area (Å²) >= 11 is 0. The first kappa shape index (κ1) is 14.7. The lowest BCUT2D eigenvalue weighted by molar-refractivity contribution is -0.384. The van der Waals surface area contributed by atoms with Crippen molar-refractivity contribution < 1.29 is 14.5 Å². The van der Waals surface area contributed by atoms with Crippen LogP contribution in [0.5, 0.6) is 0 Å². The van der Waals surface area contributed by atoms with Crippen molar-refractivity contribution in [1.82, 2.24) is 4.98 Å². The largest absolute Gasteiger partial charge is 0.467 e. The lowest BCUT2D eigenvalue weighted by Gasteiger charge is -2.34. The van der Waals surface area contributed by atoms with Crippen LogP contribution in [0.2, 0.25) is 0 Å². The highest BCUT2D eigenvalue weighted by molar-refractivity contribution is 5.81. The van der Waals surface area contributed by atoms with Crippen LogP contribution in [0.3, 0.4) is 0 Å². The molecule has 1 atom stereocenters. The van der Waals surface area contributed by atoms with E-state index in [9.17, 15) is 14.9 Å². The number of rotatable bonds is 3. The molecule has 1 aromatic rings. The highest BCUT2D eigenvalue weighted by Gasteiger charge is 2.34. The SMILES string of the molecule is COC(=O)C1CCCCN1c1ncc(C#N)cc1[N+](=O)[O-]. The van der Waals surface area contributed by atoms with Gasteiger partial charge in [-0.2, -0.15) is 5.26 Å². The van der Waals surface area contributed by atoms with Gasteiger partial charge in [-0.05, 0) is 19.3 Å². The van der Waals surface area contributed by atoms with Gasteiger partial charge in [-0.3, -0.25) is 10.1 Å². The first-order valence-corrected chi connectivity index (χ1v) is 6.47. The molecule has 110 valence electrons. The Labute approximate surface area is 121 Å². The van der Waals surface area contributed by atoms with Crippen LogP contribution in [0.15, 0.2) is 12.3 Å². The van der Waals surface area contributed by atoms with Gasteiger partial charge in [0.2, 0.25) is 5.82 Å². The predicted octanol–water partition coefficient (Wildman–Crippen LogP) is 1.39. The Morgan fingerprint density at radius 3 is 3.00 bits per heavy atom. The maximum Gasteiger partial charge on any atom is 0.328 e. The van der Waals surface area contributed by atoms with Crippen molar-refractivity contribution in [2.45, 2.75) is 25.3 Å². The molecule has 1 aromatic heterocycles. The molecule has 0 amide bonds. The zero-order valence-corrected chi connectivity index (χ0v) is 11.5. The highest BCUT2D eigenvalue weighted by atomic mass is 16.6. The van der Waals surface area contributed by atoms with Gasteiger partial charge in [-0.15, -0.1) is 0 Å². The third-order valence-corrected chi connectivity index (χ3v) is 3.42. The second-order valence-electron chi connectivity index (χ2n) is 4.66. The molecule has 0 aromatic carbocycles. The molecule has 21 heavy (non-hydrogen) atoms. The fourth-order valence-electron chi connectivity index (χ4n) is 2.43. The Balaban J connectivity index is 2.45. The van der Waals surface area contributed by atoms with Crippen LogP contribution in [-0.2, 0) is 9.53 Å². The van der Waals surface area contributed by atoms with Crippen molar-refractivity contribution in [2.75, 3.05) is 18.6 Å². The molecule has 1 aliphatic heterocycles. The van der Waals surface area contributed by atoms with Gasteiger partial charge in [0.25, 0.3) is 0 Å². The standard InChI is InChI=1S/C13H14N4O4/c1-21-13(18)10-4-2-3-5-16(10)12-11(17(19)20)6-9(7-14)8-15-12/h6,8,10H,2-5H2,1H3. The van der Waals surface area contributed by atoms with E-state index in [1.54, 1.807) is 4.90 Å². The Kier molecular flexibility index (Phi) is 4.33. The van der Waals surface area contributed by atoms with Crippen molar-refractivity contribution in [3.05, 3.63) is 27.9 Å². The zero-order chi connectivity index (χ0) is 15.4. The van der Waals surface area contributed by atoms with Crippen molar-refractivity contribution in [2.24, 2.45) is 0 Å². The second-order valence-corrected chi connectivity index (χ2v) is 4.66. The van der Waals surface area contributed by atoms with Crippen LogP contribution in [0.1, 0.15) is 24.8 Å². The fraction of sp³-hybridized carbons (Fsp3) is 0.462. The van der Waals surface area contributed by atoms with Gasteiger partial charge in [-0.25, -0.2) is 9.78 Å². The van der Waals surface area contributed by atoms with E-state index >= 15 is 0 Å². The van der Waals surface area contributed by atoms with E-state index in [0.717, 1.165) is 12.8 Å². The van der Waals surface area contributed by atoms with Crippen LogP contribution in [-0.4, -0.2) is 35.6 Å². The van der Waals surface area contributed by atoms with Crippen molar-refractivity contribution in [1.29, 1.82) is 5.26 Å². The third kappa shape index (κ3) is 2.91. The molecule has 0 spiro atoms. The number of hydrogen-bond acceptors (Lipinski definition) is 7. The summed E-state index contributed by atoms with van der Waals surface area (Å²) in [6.07, 6.45) is 3.49. The van der Waals surface area contributed by atoms with Crippen molar-refractivity contribution in [3.63, 3.8) is 0 Å². The van der Waals surface area contributed by atoms with Gasteiger partial charge in [0.1, 0.15) is 12.1 Å². The maximum atomic E-state index is 11.8. The van der Waals surface area contributed by atoms with Crippen molar-refractivity contribution >= 4 is 17.5 Å². The summed E-state index contributed by atoms with van der Waals surface area (Å²) in [4.78, 5) is 28.0. The molecule has 8 nitrogen and oxygen atoms in total. The van der Waals surface area contributed by atoms with E-state index in [2.05, 4.69) is 4.98 Å². The Morgan fingerprint density at radius 1 is 1.62 bits per heavy atom. The lowest BCUT2D eigenvalue weighted by atomic mass is 10.0. The summed E-state index contributed by atoms with van der Waals surface area (Å²) in [5.41, 5.74) is -0.165. The number of ether oxygens (including phenoxy) is 1. The molecule has 1 aliphatic rings. The number of nitrogens with zero attached hydrogens (tertiary/aromatic N) is 4. The van der Waals surface area contributed by atoms with Crippen LogP contribution < -0.4 is 4.90 Å². The lowest BCUT2D eigenvalue weighted by Crippen LogP contribution is -2.46. The number of carbonyl (C=O) groups is 1. The van der Waals surface area contributed by atoms with E-state index < -0.39 is 16.9 Å². The molecular weight excluding hydrogens is 276 g/mol. The highest BCUT2D eigenvalue weighted by Crippen LogP contribution is 2.31. The number of piperidine rings is 1. The van der Waals surface area contributed by atoms with Crippen molar-refractivity contribution in [3.8, 4) is 6.07 Å². The number of esters is 1. The first-order chi connectivity index (χ1) is 10.1. The van der Waals surface area contributed by atoms with Crippen LogP contribution in [0, 0.1) is 21.4 Å². The number of aromatic nitrogens is 1. The number of nitro groups is 1. The van der Waals surface area contributed by atoms with Gasteiger partial charge in [0.05, 0.1) is 17.6 Å². The van der Waals surface area contributed by atoms with Gasteiger partial charge in [0.15, 0.2) is 0 Å². The summed E-state index contributed by atoms with van der Waals surface area (Å²) in [6.45, 7) is 0.486. The minimum absolute atomic E-state index is 0.106. The Bertz CT molecular complexity index is 611. The molecule has 0 N–H and O–H groups in total. The van der Waals surface area contributed by atoms with E-state index in [1.165, 1.54) is 19.4 Å². The number of carbonyl (C=O) groups excluding carboxylic acids is 1. The first-order valence-electron chi connectivity index (χ1n) is 6.47. The molecule has 1 fully saturated rings. The van der Waals surface area contributed by atoms with E-state index in [1.807, 2.05) is 6.07 Å². The monoisotopic (exact) mass is 290 g/mol. The molecule has 8 heteroatoms. The van der Waals surface area contributed by atoms with Gasteiger partial charge in [0, 0.05) is 18.8 Å². The summed E-state index contributed by atoms with van der Waals surface area (Å²) < 4.78 is 4.76. The second kappa shape index (κ2) is 6.17. The zero-order valence-electron chi connectivity index (χ0n) is 11.5. The summed E-state index contributed by atoms with van der Waals surface area (Å²) in [5, 5.41) is 20.0. The molecule has 1 unspecified atom stereocenters. The molecule has 0 aliphatic carbocycles. The summed E-state index contributed by atoms with van der Waals surface area (Å²) in [5.74, 6) is -0.329. The number of pyridine rings is 1. The van der Waals surface area contributed by atoms with Gasteiger partial charge in [-0.1, -0.05) is 0 Å². The van der Waals surface area contributed by atoms with Crippen LogP contribution >= 0.6 is 0 Å². The van der Waals surface area contributed by atoms with Crippen LogP contribution in [0.4, 0.5) is 11.5 Å². The minimum Gasteiger partial charge on any atom is -0.467 e.